The molecule has 0 fully saturated rings. The highest BCUT2D eigenvalue weighted by molar-refractivity contribution is 5.78. The number of alkyl halides is 3. The van der Waals surface area contributed by atoms with Crippen molar-refractivity contribution >= 4 is 5.91 Å². The Hall–Kier alpha value is -1.59. The van der Waals surface area contributed by atoms with Crippen LogP contribution in [0.1, 0.15) is 24.2 Å². The molecule has 0 unspecified atom stereocenters. The fourth-order valence-corrected chi connectivity index (χ4v) is 1.60. The van der Waals surface area contributed by atoms with E-state index >= 15 is 0 Å². The number of nitrogens with zero attached hydrogens (tertiary/aromatic N) is 1. The summed E-state index contributed by atoms with van der Waals surface area (Å²) in [5.41, 5.74) is 1.83. The van der Waals surface area contributed by atoms with Gasteiger partial charge in [0.25, 0.3) is 5.91 Å². The molecular formula is C12H16F3N2O+. The average Bonchev–Trinajstić information content (AvgIpc) is 2.28. The van der Waals surface area contributed by atoms with Gasteiger partial charge in [0.2, 0.25) is 6.04 Å². The number of halogens is 3. The number of nitrogens with one attached hydrogen (secondary N) is 1. The molecule has 0 spiro atoms. The summed E-state index contributed by atoms with van der Waals surface area (Å²) in [4.78, 5) is 11.6. The van der Waals surface area contributed by atoms with E-state index in [0.29, 0.717) is 0 Å². The van der Waals surface area contributed by atoms with Crippen LogP contribution >= 0.6 is 0 Å². The van der Waals surface area contributed by atoms with E-state index in [4.69, 9.17) is 0 Å². The van der Waals surface area contributed by atoms with Crippen LogP contribution in [0, 0.1) is 13.8 Å². The molecular weight excluding hydrogens is 245 g/mol. The van der Waals surface area contributed by atoms with Crippen LogP contribution in [-0.4, -0.2) is 18.6 Å². The Labute approximate surface area is 104 Å². The molecule has 0 aromatic carbocycles. The Morgan fingerprint density at radius 3 is 2.61 bits per heavy atom. The van der Waals surface area contributed by atoms with Gasteiger partial charge in [0.15, 0.2) is 11.9 Å². The van der Waals surface area contributed by atoms with E-state index in [1.165, 1.54) is 0 Å². The van der Waals surface area contributed by atoms with E-state index in [-0.39, 0.29) is 0 Å². The first-order valence-electron chi connectivity index (χ1n) is 5.54. The van der Waals surface area contributed by atoms with E-state index in [0.717, 1.165) is 11.3 Å². The number of carbonyl (C=O) groups excluding carboxylic acids is 1. The summed E-state index contributed by atoms with van der Waals surface area (Å²) in [5, 5.41) is 1.88. The average molecular weight is 261 g/mol. The largest absolute Gasteiger partial charge is 0.405 e. The normalized spacial score (nSPS) is 13.2. The van der Waals surface area contributed by atoms with E-state index < -0.39 is 24.7 Å². The van der Waals surface area contributed by atoms with Crippen LogP contribution < -0.4 is 9.88 Å². The second-order valence-electron chi connectivity index (χ2n) is 4.19. The number of carbonyl (C=O) groups is 1. The van der Waals surface area contributed by atoms with Gasteiger partial charge < -0.3 is 5.32 Å². The highest BCUT2D eigenvalue weighted by atomic mass is 19.4. The minimum atomic E-state index is -4.39. The van der Waals surface area contributed by atoms with Crippen molar-refractivity contribution in [2.24, 2.45) is 0 Å². The molecule has 1 aromatic heterocycles. The molecule has 1 atom stereocenters. The van der Waals surface area contributed by atoms with Crippen molar-refractivity contribution in [1.29, 1.82) is 0 Å². The topological polar surface area (TPSA) is 33.0 Å². The number of aryl methyl sites for hydroxylation is 1. The molecule has 0 saturated carbocycles. The first-order chi connectivity index (χ1) is 8.22. The lowest BCUT2D eigenvalue weighted by atomic mass is 10.2. The first-order valence-corrected chi connectivity index (χ1v) is 5.54. The number of hydrogen-bond donors (Lipinski definition) is 1. The van der Waals surface area contributed by atoms with Gasteiger partial charge in [-0.25, -0.2) is 0 Å². The van der Waals surface area contributed by atoms with Gasteiger partial charge in [-0.15, -0.1) is 0 Å². The SMILES string of the molecule is Cc1ccc[n+]([C@@H](C)C(=O)NCC(F)(F)F)c1C. The van der Waals surface area contributed by atoms with E-state index in [2.05, 4.69) is 0 Å². The number of aromatic nitrogens is 1. The van der Waals surface area contributed by atoms with Gasteiger partial charge in [-0.2, -0.15) is 17.7 Å². The molecule has 1 rings (SSSR count). The third-order valence-electron chi connectivity index (χ3n) is 2.81. The van der Waals surface area contributed by atoms with Crippen molar-refractivity contribution in [2.75, 3.05) is 6.54 Å². The van der Waals surface area contributed by atoms with Crippen LogP contribution in [0.3, 0.4) is 0 Å². The summed E-state index contributed by atoms with van der Waals surface area (Å²) < 4.78 is 37.7. The Kier molecular flexibility index (Phi) is 4.32. The van der Waals surface area contributed by atoms with Crippen LogP contribution in [0.15, 0.2) is 18.3 Å². The number of rotatable bonds is 3. The summed E-state index contributed by atoms with van der Waals surface area (Å²) in [6.45, 7) is 3.97. The second-order valence-corrected chi connectivity index (χ2v) is 4.19. The Morgan fingerprint density at radius 2 is 2.06 bits per heavy atom. The lowest BCUT2D eigenvalue weighted by Gasteiger charge is -2.12. The monoisotopic (exact) mass is 261 g/mol. The van der Waals surface area contributed by atoms with Crippen molar-refractivity contribution in [3.63, 3.8) is 0 Å². The maximum atomic E-state index is 12.0. The molecule has 1 amide bonds. The van der Waals surface area contributed by atoms with Crippen LogP contribution in [-0.2, 0) is 4.79 Å². The highest BCUT2D eigenvalue weighted by Gasteiger charge is 2.31. The molecule has 100 valence electrons. The van der Waals surface area contributed by atoms with Gasteiger partial charge >= 0.3 is 6.18 Å². The smallest absolute Gasteiger partial charge is 0.341 e. The van der Waals surface area contributed by atoms with Gasteiger partial charge in [0, 0.05) is 25.5 Å². The molecule has 0 radical (unpaired) electrons. The predicted octanol–water partition coefficient (Wildman–Crippen LogP) is 1.83. The maximum Gasteiger partial charge on any atom is 0.405 e. The maximum absolute atomic E-state index is 12.0. The number of hydrogen-bond acceptors (Lipinski definition) is 1. The standard InChI is InChI=1S/C12H15F3N2O/c1-8-5-4-6-17(9(8)2)10(3)11(18)16-7-12(13,14)15/h4-6,10H,7H2,1-3H3/p+1/t10-/m0/s1. The number of amides is 1. The Morgan fingerprint density at radius 1 is 1.44 bits per heavy atom. The fourth-order valence-electron chi connectivity index (χ4n) is 1.60. The van der Waals surface area contributed by atoms with Crippen LogP contribution in [0.5, 0.6) is 0 Å². The zero-order valence-electron chi connectivity index (χ0n) is 10.5. The summed E-state index contributed by atoms with van der Waals surface area (Å²) in [7, 11) is 0. The second kappa shape index (κ2) is 5.37. The summed E-state index contributed by atoms with van der Waals surface area (Å²) in [5.74, 6) is -0.647. The lowest BCUT2D eigenvalue weighted by molar-refractivity contribution is -0.712. The van der Waals surface area contributed by atoms with Gasteiger partial charge in [-0.05, 0) is 13.0 Å². The molecule has 3 nitrogen and oxygen atoms in total. The number of pyridine rings is 1. The predicted molar refractivity (Wildman–Crippen MR) is 59.9 cm³/mol. The summed E-state index contributed by atoms with van der Waals surface area (Å²) in [6, 6.07) is 2.97. The van der Waals surface area contributed by atoms with Crippen LogP contribution in [0.2, 0.25) is 0 Å². The molecule has 0 aliphatic rings. The summed E-state index contributed by atoms with van der Waals surface area (Å²) >= 11 is 0. The van der Waals surface area contributed by atoms with E-state index in [9.17, 15) is 18.0 Å². The van der Waals surface area contributed by atoms with Crippen molar-refractivity contribution in [3.05, 3.63) is 29.6 Å². The molecule has 1 heterocycles. The zero-order valence-corrected chi connectivity index (χ0v) is 10.5. The van der Waals surface area contributed by atoms with E-state index in [1.54, 1.807) is 23.8 Å². The van der Waals surface area contributed by atoms with Crippen molar-refractivity contribution in [1.82, 2.24) is 5.32 Å². The van der Waals surface area contributed by atoms with Gasteiger partial charge in [-0.3, -0.25) is 4.79 Å². The minimum absolute atomic E-state index is 0.647. The van der Waals surface area contributed by atoms with Crippen molar-refractivity contribution in [3.8, 4) is 0 Å². The summed E-state index contributed by atoms with van der Waals surface area (Å²) in [6.07, 6.45) is -2.71. The molecule has 0 aliphatic heterocycles. The third kappa shape index (κ3) is 3.72. The fraction of sp³-hybridized carbons (Fsp3) is 0.500. The Bertz CT molecular complexity index is 443. The third-order valence-corrected chi connectivity index (χ3v) is 2.81. The van der Waals surface area contributed by atoms with Crippen molar-refractivity contribution in [2.45, 2.75) is 33.0 Å². The molecule has 1 N–H and O–H groups in total. The zero-order chi connectivity index (χ0) is 13.9. The first kappa shape index (κ1) is 14.5. The molecule has 0 bridgehead atoms. The van der Waals surface area contributed by atoms with E-state index in [1.807, 2.05) is 25.2 Å². The molecule has 1 aromatic rings. The van der Waals surface area contributed by atoms with Gasteiger partial charge in [0.05, 0.1) is 0 Å². The Balaban J connectivity index is 2.78. The lowest BCUT2D eigenvalue weighted by Crippen LogP contribution is -2.50. The van der Waals surface area contributed by atoms with Crippen LogP contribution in [0.4, 0.5) is 13.2 Å². The van der Waals surface area contributed by atoms with Crippen LogP contribution in [0.25, 0.3) is 0 Å². The molecule has 0 saturated heterocycles. The highest BCUT2D eigenvalue weighted by Crippen LogP contribution is 2.12. The minimum Gasteiger partial charge on any atom is -0.341 e. The van der Waals surface area contributed by atoms with Gasteiger partial charge in [-0.1, -0.05) is 0 Å². The molecule has 18 heavy (non-hydrogen) atoms. The quantitative estimate of drug-likeness (QED) is 0.827. The molecule has 0 aliphatic carbocycles. The molecule has 6 heteroatoms. The van der Waals surface area contributed by atoms with Crippen molar-refractivity contribution < 1.29 is 22.5 Å². The van der Waals surface area contributed by atoms with Gasteiger partial charge in [0.1, 0.15) is 6.54 Å².